The van der Waals surface area contributed by atoms with Crippen LogP contribution in [0, 0.1) is 22.0 Å². The number of nitrogens with zero attached hydrogens (tertiary/aromatic N) is 3. The van der Waals surface area contributed by atoms with Gasteiger partial charge in [0.05, 0.1) is 15.9 Å². The maximum Gasteiger partial charge on any atom is 0.420 e. The van der Waals surface area contributed by atoms with Crippen LogP contribution in [-0.4, -0.2) is 85.3 Å². The second-order valence-electron chi connectivity index (χ2n) is 10.4. The number of rotatable bonds is 7. The second-order valence-corrected chi connectivity index (χ2v) is 12.3. The van der Waals surface area contributed by atoms with Gasteiger partial charge in [-0.25, -0.2) is 18.0 Å². The van der Waals surface area contributed by atoms with Crippen molar-refractivity contribution in [3.05, 3.63) is 46.2 Å². The molecule has 1 saturated heterocycles. The number of hydrogen-bond acceptors (Lipinski definition) is 11. The first kappa shape index (κ1) is 28.4. The highest BCUT2D eigenvalue weighted by Crippen LogP contribution is 2.53. The molecule has 2 fully saturated rings. The Morgan fingerprint density at radius 1 is 1.28 bits per heavy atom. The number of ether oxygens (including phenoxy) is 4. The van der Waals surface area contributed by atoms with Crippen LogP contribution in [0.5, 0.6) is 0 Å². The summed E-state index contributed by atoms with van der Waals surface area (Å²) in [6.07, 6.45) is -0.965. The first-order valence-corrected chi connectivity index (χ1v) is 13.4. The molecule has 2 heterocycles. The van der Waals surface area contributed by atoms with Crippen molar-refractivity contribution >= 4 is 34.2 Å². The molecule has 2 aliphatic heterocycles. The summed E-state index contributed by atoms with van der Waals surface area (Å²) in [7, 11) is -2.90. The number of sulfonamides is 1. The van der Waals surface area contributed by atoms with Gasteiger partial charge in [0, 0.05) is 43.5 Å². The van der Waals surface area contributed by atoms with Crippen LogP contribution in [0.1, 0.15) is 27.2 Å². The Morgan fingerprint density at radius 2 is 1.95 bits per heavy atom. The zero-order valence-electron chi connectivity index (χ0n) is 21.8. The van der Waals surface area contributed by atoms with Crippen LogP contribution in [-0.2, 0) is 33.8 Å². The van der Waals surface area contributed by atoms with Crippen LogP contribution in [0.25, 0.3) is 0 Å². The molecule has 0 N–H and O–H groups in total. The molecule has 39 heavy (non-hydrogen) atoms. The summed E-state index contributed by atoms with van der Waals surface area (Å²) in [5.74, 6) is -1.41. The molecule has 1 aliphatic carbocycles. The van der Waals surface area contributed by atoms with Gasteiger partial charge in [-0.3, -0.25) is 19.2 Å². The molecule has 1 saturated carbocycles. The molecule has 1 aromatic rings. The Balaban J connectivity index is 1.79. The Bertz CT molecular complexity index is 1310. The number of fused-ring (bicyclic) bond motifs is 2. The first-order valence-electron chi connectivity index (χ1n) is 12.0. The molecule has 14 nitrogen and oxygen atoms in total. The van der Waals surface area contributed by atoms with Crippen molar-refractivity contribution in [1.82, 2.24) is 9.21 Å². The highest BCUT2D eigenvalue weighted by atomic mass is 32.2. The topological polar surface area (TPSA) is 172 Å². The standard InChI is InChI=1S/C24H29N3O11S/c1-23(2,3)38-22(30)26-21(29)36-13-24(26)19-11-25(10-15(12-28)18(19)9-20(24)37-14-35-4)39(33,34)17-7-5-16(6-8-17)27(31)32/h5-8,10,12,18-20H,9,11,13-14H2,1-4H3/t18-,19+,20-,24+/m0/s1. The summed E-state index contributed by atoms with van der Waals surface area (Å²) in [6.45, 7) is 4.11. The summed E-state index contributed by atoms with van der Waals surface area (Å²) in [5, 5.41) is 11.0. The Hall–Kier alpha value is -3.56. The van der Waals surface area contributed by atoms with Gasteiger partial charge in [0.2, 0.25) is 0 Å². The van der Waals surface area contributed by atoms with Crippen LogP contribution in [0.3, 0.4) is 0 Å². The smallest absolute Gasteiger partial charge is 0.420 e. The third-order valence-corrected chi connectivity index (χ3v) is 8.77. The highest BCUT2D eigenvalue weighted by molar-refractivity contribution is 7.89. The van der Waals surface area contributed by atoms with E-state index < -0.39 is 56.2 Å². The third kappa shape index (κ3) is 4.96. The molecule has 0 bridgehead atoms. The number of allylic oxidation sites excluding steroid dienone is 1. The zero-order chi connectivity index (χ0) is 28.8. The molecule has 4 atom stereocenters. The Kier molecular flexibility index (Phi) is 7.44. The van der Waals surface area contributed by atoms with Crippen LogP contribution >= 0.6 is 0 Å². The molecule has 0 aromatic heterocycles. The number of nitro groups is 1. The van der Waals surface area contributed by atoms with Crippen LogP contribution in [0.15, 0.2) is 40.9 Å². The molecule has 2 amide bonds. The number of cyclic esters (lactones) is 1. The first-order chi connectivity index (χ1) is 18.3. The zero-order valence-corrected chi connectivity index (χ0v) is 22.6. The molecule has 15 heteroatoms. The molecular formula is C24H29N3O11S. The van der Waals surface area contributed by atoms with E-state index in [-0.39, 0.29) is 42.5 Å². The predicted octanol–water partition coefficient (Wildman–Crippen LogP) is 2.43. The van der Waals surface area contributed by atoms with Gasteiger partial charge in [-0.1, -0.05) is 0 Å². The Labute approximate surface area is 224 Å². The fourth-order valence-corrected chi connectivity index (χ4v) is 6.78. The van der Waals surface area contributed by atoms with Crippen molar-refractivity contribution in [1.29, 1.82) is 0 Å². The van der Waals surface area contributed by atoms with E-state index in [1.807, 2.05) is 0 Å². The summed E-state index contributed by atoms with van der Waals surface area (Å²) in [4.78, 5) is 49.4. The molecule has 0 radical (unpaired) electrons. The van der Waals surface area contributed by atoms with E-state index in [0.717, 1.165) is 33.5 Å². The van der Waals surface area contributed by atoms with E-state index >= 15 is 0 Å². The van der Waals surface area contributed by atoms with E-state index in [4.69, 9.17) is 18.9 Å². The van der Waals surface area contributed by atoms with Gasteiger partial charge in [0.1, 0.15) is 30.8 Å². The van der Waals surface area contributed by atoms with Gasteiger partial charge in [-0.2, -0.15) is 4.90 Å². The van der Waals surface area contributed by atoms with Gasteiger partial charge in [-0.15, -0.1) is 0 Å². The lowest BCUT2D eigenvalue weighted by atomic mass is 9.78. The summed E-state index contributed by atoms with van der Waals surface area (Å²) < 4.78 is 49.9. The van der Waals surface area contributed by atoms with Gasteiger partial charge in [0.15, 0.2) is 0 Å². The lowest BCUT2D eigenvalue weighted by Gasteiger charge is -2.43. The predicted molar refractivity (Wildman–Crippen MR) is 132 cm³/mol. The van der Waals surface area contributed by atoms with Crippen molar-refractivity contribution in [3.63, 3.8) is 0 Å². The maximum absolute atomic E-state index is 13.6. The SMILES string of the molecule is COCO[C@H]1C[C@H]2C(C=O)=CN(S(=O)(=O)c3ccc([N+](=O)[O-])cc3)C[C@H]2[C@]12COC(=O)N2C(=O)OC(C)(C)C. The number of amides is 2. The maximum atomic E-state index is 13.6. The third-order valence-electron chi connectivity index (χ3n) is 7.03. The second kappa shape index (κ2) is 10.2. The van der Waals surface area contributed by atoms with Gasteiger partial charge in [0.25, 0.3) is 15.7 Å². The van der Waals surface area contributed by atoms with Crippen LogP contribution in [0.2, 0.25) is 0 Å². The minimum Gasteiger partial charge on any atom is -0.446 e. The summed E-state index contributed by atoms with van der Waals surface area (Å²) in [6, 6.07) is 4.31. The van der Waals surface area contributed by atoms with Crippen LogP contribution in [0.4, 0.5) is 15.3 Å². The molecule has 1 aromatic carbocycles. The number of non-ortho nitro benzene ring substituents is 1. The summed E-state index contributed by atoms with van der Waals surface area (Å²) >= 11 is 0. The number of imide groups is 1. The van der Waals surface area contributed by atoms with E-state index in [0.29, 0.717) is 6.29 Å². The lowest BCUT2D eigenvalue weighted by molar-refractivity contribution is -0.384. The van der Waals surface area contributed by atoms with E-state index in [1.165, 1.54) is 13.3 Å². The molecular weight excluding hydrogens is 538 g/mol. The van der Waals surface area contributed by atoms with Gasteiger partial charge in [-0.05, 0) is 45.2 Å². The average Bonchev–Trinajstić information content (AvgIpc) is 3.38. The van der Waals surface area contributed by atoms with Crippen molar-refractivity contribution in [2.75, 3.05) is 27.1 Å². The Morgan fingerprint density at radius 3 is 2.51 bits per heavy atom. The number of carbonyl (C=O) groups excluding carboxylic acids is 3. The minimum atomic E-state index is -4.30. The molecule has 0 unspecified atom stereocenters. The van der Waals surface area contributed by atoms with E-state index in [1.54, 1.807) is 20.8 Å². The van der Waals surface area contributed by atoms with E-state index in [2.05, 4.69) is 0 Å². The van der Waals surface area contributed by atoms with Crippen molar-refractivity contribution < 1.29 is 46.7 Å². The van der Waals surface area contributed by atoms with Gasteiger partial charge >= 0.3 is 12.2 Å². The van der Waals surface area contributed by atoms with Crippen LogP contribution < -0.4 is 0 Å². The number of aldehydes is 1. The van der Waals surface area contributed by atoms with Crippen molar-refractivity contribution in [3.8, 4) is 0 Å². The minimum absolute atomic E-state index is 0.114. The summed E-state index contributed by atoms with van der Waals surface area (Å²) in [5.41, 5.74) is -2.66. The quantitative estimate of drug-likeness (QED) is 0.205. The normalized spacial score (nSPS) is 26.7. The fraction of sp³-hybridized carbons (Fsp3) is 0.542. The number of nitro benzene ring substituents is 1. The number of hydrogen-bond donors (Lipinski definition) is 0. The molecule has 1 spiro atoms. The van der Waals surface area contributed by atoms with E-state index in [9.17, 15) is 32.9 Å². The highest BCUT2D eigenvalue weighted by Gasteiger charge is 2.68. The molecule has 3 aliphatic rings. The molecule has 212 valence electrons. The number of carbonyl (C=O) groups is 3. The monoisotopic (exact) mass is 567 g/mol. The fourth-order valence-electron chi connectivity index (χ4n) is 5.41. The number of methoxy groups -OCH3 is 1. The van der Waals surface area contributed by atoms with Crippen molar-refractivity contribution in [2.24, 2.45) is 11.8 Å². The lowest BCUT2D eigenvalue weighted by Crippen LogP contribution is -2.63. The largest absolute Gasteiger partial charge is 0.446 e. The average molecular weight is 568 g/mol. The van der Waals surface area contributed by atoms with Gasteiger partial charge < -0.3 is 18.9 Å². The molecule has 4 rings (SSSR count). The van der Waals surface area contributed by atoms with Crippen molar-refractivity contribution in [2.45, 2.75) is 49.3 Å². The number of benzene rings is 1.